The van der Waals surface area contributed by atoms with E-state index >= 15 is 0 Å². The van der Waals surface area contributed by atoms with Crippen LogP contribution in [-0.4, -0.2) is 33.7 Å². The molecule has 4 unspecified atom stereocenters. The molecule has 4 rings (SSSR count). The van der Waals surface area contributed by atoms with Gasteiger partial charge in [0.05, 0.1) is 6.54 Å². The first-order valence-corrected chi connectivity index (χ1v) is 11.9. The molecular formula is C21H34INO. The minimum atomic E-state index is 0.377. The molecule has 3 aliphatic carbocycles. The number of fused-ring (bicyclic) bond motifs is 3. The van der Waals surface area contributed by atoms with Crippen LogP contribution in [0.3, 0.4) is 0 Å². The lowest BCUT2D eigenvalue weighted by Gasteiger charge is -2.52. The highest BCUT2D eigenvalue weighted by Crippen LogP contribution is 2.48. The number of alkyl halides is 1. The summed E-state index contributed by atoms with van der Waals surface area (Å²) in [6, 6.07) is 0.739. The minimum Gasteiger partial charge on any atom is -0.298 e. The van der Waals surface area contributed by atoms with Crippen molar-refractivity contribution < 1.29 is 4.79 Å². The number of nitrogens with zero attached hydrogens (tertiary/aromatic N) is 1. The van der Waals surface area contributed by atoms with Crippen molar-refractivity contribution in [3.8, 4) is 0 Å². The van der Waals surface area contributed by atoms with Crippen LogP contribution in [-0.2, 0) is 4.79 Å². The Labute approximate surface area is 161 Å². The van der Waals surface area contributed by atoms with Crippen molar-refractivity contribution in [2.24, 2.45) is 23.7 Å². The second kappa shape index (κ2) is 7.94. The fraction of sp³-hybridized carbons (Fsp3) is 0.952. The predicted octanol–water partition coefficient (Wildman–Crippen LogP) is 5.23. The summed E-state index contributed by atoms with van der Waals surface area (Å²) >= 11 is 2.57. The van der Waals surface area contributed by atoms with E-state index in [9.17, 15) is 4.79 Å². The van der Waals surface area contributed by atoms with E-state index < -0.39 is 0 Å². The summed E-state index contributed by atoms with van der Waals surface area (Å²) in [6.07, 6.45) is 16.3. The van der Waals surface area contributed by atoms with Crippen molar-refractivity contribution in [2.75, 3.05) is 13.1 Å². The van der Waals surface area contributed by atoms with Gasteiger partial charge in [-0.3, -0.25) is 9.69 Å². The van der Waals surface area contributed by atoms with Gasteiger partial charge in [0.2, 0.25) is 0 Å². The summed E-state index contributed by atoms with van der Waals surface area (Å²) in [5.41, 5.74) is 0. The van der Waals surface area contributed by atoms with Gasteiger partial charge in [0.25, 0.3) is 0 Å². The number of piperidine rings is 1. The van der Waals surface area contributed by atoms with Gasteiger partial charge in [-0.25, -0.2) is 0 Å². The number of halogens is 1. The van der Waals surface area contributed by atoms with Crippen LogP contribution in [0.1, 0.15) is 77.0 Å². The third-order valence-corrected chi connectivity index (χ3v) is 9.01. The van der Waals surface area contributed by atoms with E-state index in [0.717, 1.165) is 47.1 Å². The number of likely N-dealkylation sites (tertiary alicyclic amines) is 1. The molecular weight excluding hydrogens is 409 g/mol. The molecule has 0 radical (unpaired) electrons. The van der Waals surface area contributed by atoms with Gasteiger partial charge >= 0.3 is 0 Å². The lowest BCUT2D eigenvalue weighted by Crippen LogP contribution is -2.54. The van der Waals surface area contributed by atoms with Crippen LogP contribution in [0.5, 0.6) is 0 Å². The second-order valence-electron chi connectivity index (χ2n) is 9.04. The van der Waals surface area contributed by atoms with Gasteiger partial charge in [0, 0.05) is 15.9 Å². The first-order chi connectivity index (χ1) is 11.7. The fourth-order valence-electron chi connectivity index (χ4n) is 6.50. The summed E-state index contributed by atoms with van der Waals surface area (Å²) in [7, 11) is 0. The van der Waals surface area contributed by atoms with Crippen molar-refractivity contribution in [1.82, 2.24) is 4.90 Å². The zero-order chi connectivity index (χ0) is 16.5. The van der Waals surface area contributed by atoms with Crippen LogP contribution < -0.4 is 0 Å². The molecule has 1 saturated heterocycles. The summed E-state index contributed by atoms with van der Waals surface area (Å²) in [5.74, 6) is 3.88. The van der Waals surface area contributed by atoms with Gasteiger partial charge in [-0.1, -0.05) is 41.9 Å². The first kappa shape index (κ1) is 17.8. The van der Waals surface area contributed by atoms with Crippen molar-refractivity contribution in [3.05, 3.63) is 0 Å². The SMILES string of the molecule is O=C(CN1CCCC2C3CCCCC3CCC21)C1CCC(I)CC1. The quantitative estimate of drug-likeness (QED) is 0.440. The topological polar surface area (TPSA) is 20.3 Å². The van der Waals surface area contributed by atoms with Gasteiger partial charge < -0.3 is 0 Å². The number of rotatable bonds is 3. The molecule has 1 heterocycles. The maximum Gasteiger partial charge on any atom is 0.149 e. The zero-order valence-corrected chi connectivity index (χ0v) is 17.3. The van der Waals surface area contributed by atoms with Crippen molar-refractivity contribution in [1.29, 1.82) is 0 Å². The third-order valence-electron chi connectivity index (χ3n) is 7.77. The van der Waals surface area contributed by atoms with E-state index in [2.05, 4.69) is 27.5 Å². The molecule has 3 heteroatoms. The molecule has 2 nitrogen and oxygen atoms in total. The average molecular weight is 443 g/mol. The molecule has 4 fully saturated rings. The van der Waals surface area contributed by atoms with E-state index in [1.54, 1.807) is 0 Å². The third kappa shape index (κ3) is 3.72. The van der Waals surface area contributed by atoms with Gasteiger partial charge in [-0.05, 0) is 82.1 Å². The number of ketones is 1. The number of carbonyl (C=O) groups is 1. The Morgan fingerprint density at radius 2 is 1.58 bits per heavy atom. The van der Waals surface area contributed by atoms with Gasteiger partial charge in [0.1, 0.15) is 5.78 Å². The standard InChI is InChI=1S/C21H34INO/c22-17-10-7-16(8-11-17)21(24)14-23-13-3-6-19-18-5-2-1-4-15(18)9-12-20(19)23/h15-20H,1-14H2. The highest BCUT2D eigenvalue weighted by Gasteiger charge is 2.44. The lowest BCUT2D eigenvalue weighted by atomic mass is 9.61. The van der Waals surface area contributed by atoms with Gasteiger partial charge in [0.15, 0.2) is 0 Å². The molecule has 0 spiro atoms. The Morgan fingerprint density at radius 1 is 0.833 bits per heavy atom. The molecule has 4 atom stereocenters. The van der Waals surface area contributed by atoms with Gasteiger partial charge in [-0.2, -0.15) is 0 Å². The largest absolute Gasteiger partial charge is 0.298 e. The molecule has 24 heavy (non-hydrogen) atoms. The van der Waals surface area contributed by atoms with Crippen LogP contribution in [0.4, 0.5) is 0 Å². The highest BCUT2D eigenvalue weighted by molar-refractivity contribution is 14.1. The molecule has 3 saturated carbocycles. The predicted molar refractivity (Wildman–Crippen MR) is 108 cm³/mol. The number of hydrogen-bond acceptors (Lipinski definition) is 2. The van der Waals surface area contributed by atoms with E-state index in [1.807, 2.05) is 0 Å². The smallest absolute Gasteiger partial charge is 0.149 e. The van der Waals surface area contributed by atoms with E-state index in [-0.39, 0.29) is 0 Å². The molecule has 4 aliphatic rings. The van der Waals surface area contributed by atoms with E-state index in [0.29, 0.717) is 11.7 Å². The molecule has 0 aromatic rings. The van der Waals surface area contributed by atoms with Crippen LogP contribution in [0.2, 0.25) is 0 Å². The van der Waals surface area contributed by atoms with Crippen LogP contribution in [0.25, 0.3) is 0 Å². The molecule has 0 bridgehead atoms. The fourth-order valence-corrected chi connectivity index (χ4v) is 7.22. The van der Waals surface area contributed by atoms with Crippen LogP contribution in [0, 0.1) is 23.7 Å². The maximum absolute atomic E-state index is 12.9. The monoisotopic (exact) mass is 443 g/mol. The second-order valence-corrected chi connectivity index (χ2v) is 10.8. The summed E-state index contributed by atoms with van der Waals surface area (Å²) in [5, 5.41) is 0. The zero-order valence-electron chi connectivity index (χ0n) is 15.1. The summed E-state index contributed by atoms with van der Waals surface area (Å²) in [4.78, 5) is 15.5. The molecule has 0 aromatic carbocycles. The normalized spacial score (nSPS) is 43.7. The molecule has 0 amide bonds. The Kier molecular flexibility index (Phi) is 5.87. The van der Waals surface area contributed by atoms with Crippen LogP contribution in [0.15, 0.2) is 0 Å². The van der Waals surface area contributed by atoms with Crippen molar-refractivity contribution in [2.45, 2.75) is 87.0 Å². The molecule has 0 N–H and O–H groups in total. The highest BCUT2D eigenvalue weighted by atomic mass is 127. The van der Waals surface area contributed by atoms with Crippen LogP contribution >= 0.6 is 22.6 Å². The molecule has 1 aliphatic heterocycles. The Balaban J connectivity index is 1.38. The number of carbonyl (C=O) groups excluding carboxylic acids is 1. The lowest BCUT2D eigenvalue weighted by molar-refractivity contribution is -0.127. The van der Waals surface area contributed by atoms with Crippen molar-refractivity contribution >= 4 is 28.4 Å². The Morgan fingerprint density at radius 3 is 2.42 bits per heavy atom. The summed E-state index contributed by atoms with van der Waals surface area (Å²) in [6.45, 7) is 1.96. The Bertz CT molecular complexity index is 445. The summed E-state index contributed by atoms with van der Waals surface area (Å²) < 4.78 is 0.813. The van der Waals surface area contributed by atoms with Crippen molar-refractivity contribution in [3.63, 3.8) is 0 Å². The maximum atomic E-state index is 12.9. The molecule has 136 valence electrons. The van der Waals surface area contributed by atoms with Gasteiger partial charge in [-0.15, -0.1) is 0 Å². The van der Waals surface area contributed by atoms with E-state index in [1.165, 1.54) is 70.8 Å². The Hall–Kier alpha value is 0.360. The van der Waals surface area contributed by atoms with E-state index in [4.69, 9.17) is 0 Å². The minimum absolute atomic E-state index is 0.377. The molecule has 0 aromatic heterocycles. The average Bonchev–Trinajstić information content (AvgIpc) is 2.62. The first-order valence-electron chi connectivity index (χ1n) is 10.6. The number of Topliss-reactive ketones (excluding diaryl/α,β-unsaturated/α-hetero) is 1. The number of hydrogen-bond donors (Lipinski definition) is 0.